The highest BCUT2D eigenvalue weighted by Crippen LogP contribution is 2.17. The fourth-order valence-electron chi connectivity index (χ4n) is 2.62. The Labute approximate surface area is 168 Å². The minimum Gasteiger partial charge on any atom is -0.399 e. The van der Waals surface area contributed by atoms with E-state index >= 15 is 0 Å². The molecule has 0 unspecified atom stereocenters. The van der Waals surface area contributed by atoms with Crippen LogP contribution >= 0.6 is 0 Å². The summed E-state index contributed by atoms with van der Waals surface area (Å²) in [4.78, 5) is 25.1. The molecule has 0 spiro atoms. The van der Waals surface area contributed by atoms with E-state index in [0.29, 0.717) is 28.2 Å². The molecule has 0 fully saturated rings. The van der Waals surface area contributed by atoms with Gasteiger partial charge in [-0.25, -0.2) is 0 Å². The Bertz CT molecular complexity index is 1060. The normalized spacial score (nSPS) is 9.72. The van der Waals surface area contributed by atoms with E-state index in [1.165, 1.54) is 18.2 Å². The van der Waals surface area contributed by atoms with Crippen LogP contribution in [0.5, 0.6) is 0 Å². The first-order chi connectivity index (χ1) is 14.0. The summed E-state index contributed by atoms with van der Waals surface area (Å²) in [6.07, 6.45) is 10.7. The van der Waals surface area contributed by atoms with E-state index in [-0.39, 0.29) is 11.1 Å². The summed E-state index contributed by atoms with van der Waals surface area (Å²) in [5.41, 5.74) is 9.30. The van der Waals surface area contributed by atoms with E-state index in [9.17, 15) is 9.59 Å². The lowest BCUT2D eigenvalue weighted by Crippen LogP contribution is -2.16. The molecule has 3 aromatic rings. The van der Waals surface area contributed by atoms with Crippen molar-refractivity contribution in [3.63, 3.8) is 0 Å². The van der Waals surface area contributed by atoms with E-state index in [1.54, 1.807) is 48.5 Å². The molecule has 0 saturated heterocycles. The number of hydrogen-bond acceptors (Lipinski definition) is 3. The molecule has 0 heterocycles. The maximum Gasteiger partial charge on any atom is 0.255 e. The number of amides is 2. The second-order valence-electron chi connectivity index (χ2n) is 6.20. The third kappa shape index (κ3) is 4.82. The SMILES string of the molecule is C#Cc1ccc(NC(=O)c2cc(N)cc(C(=O)Nc3ccc(C#C)cc3)c2)cc1. The fourth-order valence-corrected chi connectivity index (χ4v) is 2.62. The quantitative estimate of drug-likeness (QED) is 0.477. The molecule has 140 valence electrons. The van der Waals surface area contributed by atoms with Gasteiger partial charge in [0, 0.05) is 39.3 Å². The highest BCUT2D eigenvalue weighted by atomic mass is 16.2. The van der Waals surface area contributed by atoms with Crippen molar-refractivity contribution in [2.75, 3.05) is 16.4 Å². The van der Waals surface area contributed by atoms with Crippen molar-refractivity contribution < 1.29 is 9.59 Å². The highest BCUT2D eigenvalue weighted by Gasteiger charge is 2.13. The smallest absolute Gasteiger partial charge is 0.255 e. The lowest BCUT2D eigenvalue weighted by molar-refractivity contribution is 0.102. The van der Waals surface area contributed by atoms with Gasteiger partial charge in [0.15, 0.2) is 0 Å². The molecule has 2 amide bonds. The molecule has 0 aliphatic heterocycles. The summed E-state index contributed by atoms with van der Waals surface area (Å²) in [6, 6.07) is 18.2. The molecular formula is C24H17N3O2. The molecule has 0 aliphatic rings. The second kappa shape index (κ2) is 8.47. The van der Waals surface area contributed by atoms with Gasteiger partial charge in [0.2, 0.25) is 0 Å². The predicted molar refractivity (Wildman–Crippen MR) is 116 cm³/mol. The van der Waals surface area contributed by atoms with Crippen molar-refractivity contribution in [1.82, 2.24) is 0 Å². The molecule has 29 heavy (non-hydrogen) atoms. The van der Waals surface area contributed by atoms with Gasteiger partial charge in [-0.2, -0.15) is 0 Å². The molecule has 0 radical (unpaired) electrons. The van der Waals surface area contributed by atoms with Gasteiger partial charge >= 0.3 is 0 Å². The van der Waals surface area contributed by atoms with Gasteiger partial charge in [0.05, 0.1) is 0 Å². The zero-order valence-corrected chi connectivity index (χ0v) is 15.4. The van der Waals surface area contributed by atoms with Crippen molar-refractivity contribution in [3.05, 3.63) is 89.0 Å². The van der Waals surface area contributed by atoms with Crippen LogP contribution in [0.15, 0.2) is 66.7 Å². The Morgan fingerprint density at radius 2 is 1.07 bits per heavy atom. The summed E-state index contributed by atoms with van der Waals surface area (Å²) in [6.45, 7) is 0. The van der Waals surface area contributed by atoms with E-state index in [1.807, 2.05) is 0 Å². The fraction of sp³-hybridized carbons (Fsp3) is 0. The van der Waals surface area contributed by atoms with Crippen LogP contribution in [0.1, 0.15) is 31.8 Å². The molecule has 5 heteroatoms. The summed E-state index contributed by atoms with van der Waals surface area (Å²) in [5, 5.41) is 5.50. The molecular weight excluding hydrogens is 362 g/mol. The van der Waals surface area contributed by atoms with E-state index in [4.69, 9.17) is 18.6 Å². The van der Waals surface area contributed by atoms with Gasteiger partial charge in [0.1, 0.15) is 0 Å². The Morgan fingerprint density at radius 3 is 1.41 bits per heavy atom. The Kier molecular flexibility index (Phi) is 5.64. The number of hydrogen-bond donors (Lipinski definition) is 3. The van der Waals surface area contributed by atoms with E-state index < -0.39 is 11.8 Å². The summed E-state index contributed by atoms with van der Waals surface area (Å²) >= 11 is 0. The van der Waals surface area contributed by atoms with E-state index in [0.717, 1.165) is 0 Å². The van der Waals surface area contributed by atoms with Crippen LogP contribution in [-0.4, -0.2) is 11.8 Å². The Balaban J connectivity index is 1.77. The Hall–Kier alpha value is -4.48. The average Bonchev–Trinajstić information content (AvgIpc) is 2.74. The molecule has 3 rings (SSSR count). The molecule has 0 saturated carbocycles. The third-order valence-electron chi connectivity index (χ3n) is 4.10. The first-order valence-electron chi connectivity index (χ1n) is 8.65. The maximum atomic E-state index is 12.6. The predicted octanol–water partition coefficient (Wildman–Crippen LogP) is 3.74. The van der Waals surface area contributed by atoms with Gasteiger partial charge in [0.25, 0.3) is 11.8 Å². The molecule has 5 nitrogen and oxygen atoms in total. The number of carbonyl (C=O) groups excluding carboxylic acids is 2. The van der Waals surface area contributed by atoms with Crippen LogP contribution in [0.2, 0.25) is 0 Å². The van der Waals surface area contributed by atoms with Crippen LogP contribution in [0, 0.1) is 24.7 Å². The third-order valence-corrected chi connectivity index (χ3v) is 4.10. The molecule has 0 aromatic heterocycles. The number of benzene rings is 3. The van der Waals surface area contributed by atoms with Crippen molar-refractivity contribution in [1.29, 1.82) is 0 Å². The average molecular weight is 379 g/mol. The topological polar surface area (TPSA) is 84.2 Å². The number of rotatable bonds is 4. The van der Waals surface area contributed by atoms with Crippen molar-refractivity contribution in [2.45, 2.75) is 0 Å². The largest absolute Gasteiger partial charge is 0.399 e. The molecule has 0 atom stereocenters. The van der Waals surface area contributed by atoms with Crippen molar-refractivity contribution in [3.8, 4) is 24.7 Å². The minimum atomic E-state index is -0.391. The molecule has 0 aliphatic carbocycles. The summed E-state index contributed by atoms with van der Waals surface area (Å²) in [7, 11) is 0. The summed E-state index contributed by atoms with van der Waals surface area (Å²) in [5.74, 6) is 4.24. The number of nitrogen functional groups attached to an aromatic ring is 1. The van der Waals surface area contributed by atoms with E-state index in [2.05, 4.69) is 22.5 Å². The number of nitrogens with two attached hydrogens (primary N) is 1. The number of carbonyl (C=O) groups is 2. The number of anilines is 3. The van der Waals surface area contributed by atoms with Crippen LogP contribution in [0.3, 0.4) is 0 Å². The molecule has 0 bridgehead atoms. The zero-order chi connectivity index (χ0) is 20.8. The Morgan fingerprint density at radius 1 is 0.690 bits per heavy atom. The van der Waals surface area contributed by atoms with Gasteiger partial charge in [-0.05, 0) is 66.7 Å². The maximum absolute atomic E-state index is 12.6. The second-order valence-corrected chi connectivity index (χ2v) is 6.20. The van der Waals surface area contributed by atoms with Crippen LogP contribution in [-0.2, 0) is 0 Å². The van der Waals surface area contributed by atoms with Crippen molar-refractivity contribution in [2.24, 2.45) is 0 Å². The first kappa shape index (κ1) is 19.3. The summed E-state index contributed by atoms with van der Waals surface area (Å²) < 4.78 is 0. The number of terminal acetylenes is 2. The van der Waals surface area contributed by atoms with Crippen LogP contribution in [0.4, 0.5) is 17.1 Å². The minimum absolute atomic E-state index is 0.263. The van der Waals surface area contributed by atoms with Gasteiger partial charge in [-0.1, -0.05) is 11.8 Å². The number of nitrogens with one attached hydrogen (secondary N) is 2. The zero-order valence-electron chi connectivity index (χ0n) is 15.4. The van der Waals surface area contributed by atoms with Gasteiger partial charge in [-0.15, -0.1) is 12.8 Å². The van der Waals surface area contributed by atoms with Gasteiger partial charge in [-0.3, -0.25) is 9.59 Å². The standard InChI is InChI=1S/C24H17N3O2/c1-3-16-5-9-21(10-6-16)26-23(28)18-13-19(15-20(25)14-18)24(29)27-22-11-7-17(4-2)8-12-22/h1-2,5-15H,25H2,(H,26,28)(H,27,29). The lowest BCUT2D eigenvalue weighted by Gasteiger charge is -2.10. The lowest BCUT2D eigenvalue weighted by atomic mass is 10.1. The van der Waals surface area contributed by atoms with Crippen molar-refractivity contribution >= 4 is 28.9 Å². The molecule has 3 aromatic carbocycles. The van der Waals surface area contributed by atoms with Crippen LogP contribution in [0.25, 0.3) is 0 Å². The molecule has 4 N–H and O–H groups in total. The highest BCUT2D eigenvalue weighted by molar-refractivity contribution is 6.09. The first-order valence-corrected chi connectivity index (χ1v) is 8.65. The van der Waals surface area contributed by atoms with Crippen LogP contribution < -0.4 is 16.4 Å². The monoisotopic (exact) mass is 379 g/mol. The van der Waals surface area contributed by atoms with Gasteiger partial charge < -0.3 is 16.4 Å².